The Morgan fingerprint density at radius 1 is 1.40 bits per heavy atom. The van der Waals surface area contributed by atoms with E-state index in [4.69, 9.17) is 0 Å². The van der Waals surface area contributed by atoms with Gasteiger partial charge in [-0.2, -0.15) is 11.8 Å². The molecule has 1 rings (SSSR count). The van der Waals surface area contributed by atoms with Gasteiger partial charge in [-0.05, 0) is 32.1 Å². The Labute approximate surface area is 98.4 Å². The van der Waals surface area contributed by atoms with Gasteiger partial charge in [0, 0.05) is 30.4 Å². The summed E-state index contributed by atoms with van der Waals surface area (Å²) in [7, 11) is 2.21. The maximum absolute atomic E-state index is 9.54. The molecule has 0 aliphatic carbocycles. The Morgan fingerprint density at radius 2 is 2.07 bits per heavy atom. The SMILES string of the molecule is CCC(CC)(CO)CN(C)C1CCSC1. The van der Waals surface area contributed by atoms with E-state index in [2.05, 4.69) is 37.6 Å². The smallest absolute Gasteiger partial charge is 0.0499 e. The molecule has 0 bridgehead atoms. The van der Waals surface area contributed by atoms with Crippen molar-refractivity contribution in [2.75, 3.05) is 31.7 Å². The van der Waals surface area contributed by atoms with Crippen LogP contribution in [0.1, 0.15) is 33.1 Å². The van der Waals surface area contributed by atoms with Crippen LogP contribution in [0.3, 0.4) is 0 Å². The summed E-state index contributed by atoms with van der Waals surface area (Å²) < 4.78 is 0. The summed E-state index contributed by atoms with van der Waals surface area (Å²) in [5.74, 6) is 2.57. The van der Waals surface area contributed by atoms with Crippen molar-refractivity contribution < 1.29 is 5.11 Å². The summed E-state index contributed by atoms with van der Waals surface area (Å²) >= 11 is 2.06. The Morgan fingerprint density at radius 3 is 2.47 bits per heavy atom. The van der Waals surface area contributed by atoms with Crippen molar-refractivity contribution >= 4 is 11.8 Å². The molecule has 1 heterocycles. The average Bonchev–Trinajstić information content (AvgIpc) is 2.79. The fourth-order valence-electron chi connectivity index (χ4n) is 2.28. The van der Waals surface area contributed by atoms with Crippen LogP contribution in [0, 0.1) is 5.41 Å². The first-order chi connectivity index (χ1) is 7.17. The van der Waals surface area contributed by atoms with Crippen molar-refractivity contribution in [3.05, 3.63) is 0 Å². The lowest BCUT2D eigenvalue weighted by molar-refractivity contribution is 0.0636. The Kier molecular flexibility index (Phi) is 5.44. The zero-order chi connectivity index (χ0) is 11.3. The third-order valence-corrected chi connectivity index (χ3v) is 5.09. The van der Waals surface area contributed by atoms with Gasteiger partial charge in [0.15, 0.2) is 0 Å². The minimum absolute atomic E-state index is 0.127. The second-order valence-corrected chi connectivity index (χ2v) is 5.95. The molecule has 15 heavy (non-hydrogen) atoms. The van der Waals surface area contributed by atoms with Gasteiger partial charge in [0.05, 0.1) is 0 Å². The van der Waals surface area contributed by atoms with Crippen LogP contribution in [0.25, 0.3) is 0 Å². The number of aliphatic hydroxyl groups excluding tert-OH is 1. The Bertz CT molecular complexity index is 168. The van der Waals surface area contributed by atoms with E-state index in [0.717, 1.165) is 25.4 Å². The summed E-state index contributed by atoms with van der Waals surface area (Å²) in [6.45, 7) is 5.75. The number of aliphatic hydroxyl groups is 1. The fourth-order valence-corrected chi connectivity index (χ4v) is 3.57. The van der Waals surface area contributed by atoms with E-state index in [-0.39, 0.29) is 5.41 Å². The van der Waals surface area contributed by atoms with Crippen LogP contribution in [-0.2, 0) is 0 Å². The first-order valence-corrected chi connectivity index (χ1v) is 7.21. The van der Waals surface area contributed by atoms with Crippen LogP contribution >= 0.6 is 11.8 Å². The predicted molar refractivity (Wildman–Crippen MR) is 68.5 cm³/mol. The first kappa shape index (κ1) is 13.3. The molecule has 0 spiro atoms. The molecular weight excluding hydrogens is 206 g/mol. The molecule has 0 aromatic carbocycles. The van der Waals surface area contributed by atoms with Crippen LogP contribution in [0.4, 0.5) is 0 Å². The molecule has 0 radical (unpaired) electrons. The van der Waals surface area contributed by atoms with Crippen molar-refractivity contribution in [1.29, 1.82) is 0 Å². The highest BCUT2D eigenvalue weighted by molar-refractivity contribution is 7.99. The molecule has 0 amide bonds. The summed E-state index contributed by atoms with van der Waals surface area (Å²) in [5.41, 5.74) is 0.127. The molecular formula is C12H25NOS. The number of thioether (sulfide) groups is 1. The Hall–Kier alpha value is 0.270. The largest absolute Gasteiger partial charge is 0.396 e. The van der Waals surface area contributed by atoms with Gasteiger partial charge in [-0.1, -0.05) is 13.8 Å². The van der Waals surface area contributed by atoms with Crippen molar-refractivity contribution in [2.45, 2.75) is 39.2 Å². The van der Waals surface area contributed by atoms with E-state index in [1.54, 1.807) is 0 Å². The monoisotopic (exact) mass is 231 g/mol. The van der Waals surface area contributed by atoms with Crippen molar-refractivity contribution in [1.82, 2.24) is 4.90 Å². The molecule has 1 unspecified atom stereocenters. The average molecular weight is 231 g/mol. The van der Waals surface area contributed by atoms with Gasteiger partial charge in [0.2, 0.25) is 0 Å². The molecule has 1 aliphatic rings. The summed E-state index contributed by atoms with van der Waals surface area (Å²) in [4.78, 5) is 2.46. The van der Waals surface area contributed by atoms with Crippen LogP contribution in [0.5, 0.6) is 0 Å². The minimum Gasteiger partial charge on any atom is -0.396 e. The molecule has 3 heteroatoms. The molecule has 2 nitrogen and oxygen atoms in total. The second kappa shape index (κ2) is 6.12. The number of nitrogens with zero attached hydrogens (tertiary/aromatic N) is 1. The van der Waals surface area contributed by atoms with E-state index >= 15 is 0 Å². The third-order valence-electron chi connectivity index (χ3n) is 3.95. The summed E-state index contributed by atoms with van der Waals surface area (Å²) in [6, 6.07) is 0.735. The highest BCUT2D eigenvalue weighted by atomic mass is 32.2. The van der Waals surface area contributed by atoms with E-state index in [1.807, 2.05) is 0 Å². The topological polar surface area (TPSA) is 23.5 Å². The van der Waals surface area contributed by atoms with Crippen LogP contribution in [0.2, 0.25) is 0 Å². The van der Waals surface area contributed by atoms with Gasteiger partial charge in [-0.15, -0.1) is 0 Å². The lowest BCUT2D eigenvalue weighted by Gasteiger charge is -2.36. The molecule has 1 fully saturated rings. The fraction of sp³-hybridized carbons (Fsp3) is 1.00. The van der Waals surface area contributed by atoms with E-state index in [0.29, 0.717) is 6.61 Å². The van der Waals surface area contributed by atoms with Gasteiger partial charge in [0.1, 0.15) is 0 Å². The first-order valence-electron chi connectivity index (χ1n) is 6.06. The van der Waals surface area contributed by atoms with E-state index in [9.17, 15) is 5.11 Å². The quantitative estimate of drug-likeness (QED) is 0.758. The van der Waals surface area contributed by atoms with Gasteiger partial charge >= 0.3 is 0 Å². The maximum Gasteiger partial charge on any atom is 0.0499 e. The number of hydrogen-bond donors (Lipinski definition) is 1. The molecule has 0 saturated carbocycles. The second-order valence-electron chi connectivity index (χ2n) is 4.80. The summed E-state index contributed by atoms with van der Waals surface area (Å²) in [5, 5.41) is 9.54. The van der Waals surface area contributed by atoms with Crippen molar-refractivity contribution in [3.63, 3.8) is 0 Å². The predicted octanol–water partition coefficient (Wildman–Crippen LogP) is 2.22. The van der Waals surface area contributed by atoms with E-state index < -0.39 is 0 Å². The maximum atomic E-state index is 9.54. The molecule has 90 valence electrons. The normalized spacial score (nSPS) is 22.6. The third kappa shape index (κ3) is 3.36. The van der Waals surface area contributed by atoms with Gasteiger partial charge in [-0.25, -0.2) is 0 Å². The molecule has 1 saturated heterocycles. The van der Waals surface area contributed by atoms with Gasteiger partial charge in [-0.3, -0.25) is 0 Å². The van der Waals surface area contributed by atoms with Crippen LogP contribution < -0.4 is 0 Å². The zero-order valence-electron chi connectivity index (χ0n) is 10.3. The molecule has 1 atom stereocenters. The highest BCUT2D eigenvalue weighted by Crippen LogP contribution is 2.29. The lowest BCUT2D eigenvalue weighted by atomic mass is 9.82. The van der Waals surface area contributed by atoms with Crippen molar-refractivity contribution in [2.24, 2.45) is 5.41 Å². The minimum atomic E-state index is 0.127. The van der Waals surface area contributed by atoms with Gasteiger partial charge < -0.3 is 10.0 Å². The number of hydrogen-bond acceptors (Lipinski definition) is 3. The van der Waals surface area contributed by atoms with E-state index in [1.165, 1.54) is 17.9 Å². The van der Waals surface area contributed by atoms with Crippen LogP contribution in [0.15, 0.2) is 0 Å². The molecule has 0 aromatic rings. The summed E-state index contributed by atoms with van der Waals surface area (Å²) in [6.07, 6.45) is 3.46. The Balaban J connectivity index is 2.49. The van der Waals surface area contributed by atoms with Crippen molar-refractivity contribution in [3.8, 4) is 0 Å². The lowest BCUT2D eigenvalue weighted by Crippen LogP contribution is -2.42. The molecule has 1 N–H and O–H groups in total. The molecule has 1 aliphatic heterocycles. The van der Waals surface area contributed by atoms with Gasteiger partial charge in [0.25, 0.3) is 0 Å². The highest BCUT2D eigenvalue weighted by Gasteiger charge is 2.30. The number of rotatable bonds is 6. The molecule has 0 aromatic heterocycles. The van der Waals surface area contributed by atoms with Crippen LogP contribution in [-0.4, -0.2) is 47.8 Å². The zero-order valence-corrected chi connectivity index (χ0v) is 11.1. The standard InChI is InChI=1S/C12H25NOS/c1-4-12(5-2,10-14)9-13(3)11-6-7-15-8-11/h11,14H,4-10H2,1-3H3.